The monoisotopic (exact) mass is 541 g/mol. The molecule has 2 heterocycles. The van der Waals surface area contributed by atoms with Gasteiger partial charge in [0.15, 0.2) is 11.7 Å². The van der Waals surface area contributed by atoms with E-state index >= 15 is 0 Å². The Bertz CT molecular complexity index is 822. The third-order valence-corrected chi connectivity index (χ3v) is 5.31. The number of aromatic nitrogens is 1. The molecule has 29 heavy (non-hydrogen) atoms. The Morgan fingerprint density at radius 1 is 1.24 bits per heavy atom. The number of piperazine rings is 1. The second kappa shape index (κ2) is 10.3. The summed E-state index contributed by atoms with van der Waals surface area (Å²) in [5.41, 5.74) is 0.199. The van der Waals surface area contributed by atoms with Gasteiger partial charge in [-0.2, -0.15) is 13.2 Å². The molecule has 1 aromatic carbocycles. The van der Waals surface area contributed by atoms with Gasteiger partial charge in [0.1, 0.15) is 10.8 Å². The maximum Gasteiger partial charge on any atom is 0.434 e. The van der Waals surface area contributed by atoms with Crippen LogP contribution in [0.5, 0.6) is 5.75 Å². The summed E-state index contributed by atoms with van der Waals surface area (Å²) in [7, 11) is 3.32. The predicted molar refractivity (Wildman–Crippen MR) is 120 cm³/mol. The molecule has 11 heteroatoms. The number of para-hydroxylation sites is 2. The van der Waals surface area contributed by atoms with E-state index in [9.17, 15) is 13.2 Å². The highest BCUT2D eigenvalue weighted by Gasteiger charge is 2.33. The third-order valence-electron chi connectivity index (χ3n) is 4.46. The van der Waals surface area contributed by atoms with Gasteiger partial charge in [-0.15, -0.1) is 35.3 Å². The molecule has 0 radical (unpaired) electrons. The van der Waals surface area contributed by atoms with Crippen LogP contribution >= 0.6 is 35.3 Å². The van der Waals surface area contributed by atoms with Gasteiger partial charge in [0.05, 0.1) is 19.3 Å². The van der Waals surface area contributed by atoms with Crippen molar-refractivity contribution in [1.82, 2.24) is 15.2 Å². The molecule has 1 saturated heterocycles. The first-order chi connectivity index (χ1) is 13.4. The van der Waals surface area contributed by atoms with Crippen LogP contribution in [0.3, 0.4) is 0 Å². The van der Waals surface area contributed by atoms with E-state index in [0.29, 0.717) is 11.0 Å². The lowest BCUT2D eigenvalue weighted by Gasteiger charge is -2.38. The van der Waals surface area contributed by atoms with Crippen LogP contribution in [0.25, 0.3) is 0 Å². The first kappa shape index (κ1) is 23.5. The average molecular weight is 541 g/mol. The quantitative estimate of drug-likeness (QED) is 0.364. The van der Waals surface area contributed by atoms with E-state index in [0.717, 1.165) is 54.3 Å². The number of hydrogen-bond acceptors (Lipinski definition) is 5. The summed E-state index contributed by atoms with van der Waals surface area (Å²) < 4.78 is 43.4. The Morgan fingerprint density at radius 3 is 2.52 bits per heavy atom. The molecule has 2 aromatic rings. The smallest absolute Gasteiger partial charge is 0.434 e. The lowest BCUT2D eigenvalue weighted by atomic mass is 10.2. The van der Waals surface area contributed by atoms with Gasteiger partial charge < -0.3 is 19.9 Å². The average Bonchev–Trinajstić information content (AvgIpc) is 3.18. The van der Waals surface area contributed by atoms with Crippen LogP contribution in [0, 0.1) is 0 Å². The number of guanidine groups is 1. The van der Waals surface area contributed by atoms with Gasteiger partial charge in [-0.3, -0.25) is 4.99 Å². The number of rotatable bonds is 4. The van der Waals surface area contributed by atoms with Gasteiger partial charge in [-0.25, -0.2) is 4.98 Å². The van der Waals surface area contributed by atoms with Gasteiger partial charge in [0.25, 0.3) is 0 Å². The Labute approximate surface area is 188 Å². The molecule has 0 aliphatic carbocycles. The zero-order valence-corrected chi connectivity index (χ0v) is 19.2. The number of benzene rings is 1. The molecule has 160 valence electrons. The van der Waals surface area contributed by atoms with Gasteiger partial charge in [-0.1, -0.05) is 12.1 Å². The minimum Gasteiger partial charge on any atom is -0.495 e. The van der Waals surface area contributed by atoms with E-state index in [4.69, 9.17) is 4.74 Å². The van der Waals surface area contributed by atoms with E-state index in [1.54, 1.807) is 14.2 Å². The minimum atomic E-state index is -4.41. The Morgan fingerprint density at radius 2 is 1.93 bits per heavy atom. The van der Waals surface area contributed by atoms with Gasteiger partial charge in [0.2, 0.25) is 0 Å². The number of aliphatic imine (C=N–C) groups is 1. The number of ether oxygens (including phenoxy) is 1. The fourth-order valence-electron chi connectivity index (χ4n) is 3.06. The number of methoxy groups -OCH3 is 1. The third kappa shape index (κ3) is 5.87. The number of nitrogens with zero attached hydrogens (tertiary/aromatic N) is 4. The molecular formula is C18H23F3IN5OS. The van der Waals surface area contributed by atoms with Crippen molar-refractivity contribution in [2.75, 3.05) is 45.2 Å². The molecule has 1 aromatic heterocycles. The first-order valence-electron chi connectivity index (χ1n) is 8.77. The van der Waals surface area contributed by atoms with Crippen molar-refractivity contribution in [3.8, 4) is 5.75 Å². The van der Waals surface area contributed by atoms with Crippen LogP contribution in [-0.2, 0) is 12.7 Å². The van der Waals surface area contributed by atoms with E-state index in [1.165, 1.54) is 0 Å². The highest BCUT2D eigenvalue weighted by atomic mass is 127. The minimum absolute atomic E-state index is 0. The topological polar surface area (TPSA) is 53.0 Å². The summed E-state index contributed by atoms with van der Waals surface area (Å²) >= 11 is 0.988. The molecular weight excluding hydrogens is 518 g/mol. The highest BCUT2D eigenvalue weighted by molar-refractivity contribution is 14.0. The lowest BCUT2D eigenvalue weighted by Crippen LogP contribution is -2.52. The fraction of sp³-hybridized carbons (Fsp3) is 0.444. The summed E-state index contributed by atoms with van der Waals surface area (Å²) in [6.07, 6.45) is -4.41. The lowest BCUT2D eigenvalue weighted by molar-refractivity contribution is -0.140. The number of alkyl halides is 3. The number of thiazole rings is 1. The van der Waals surface area contributed by atoms with Crippen molar-refractivity contribution in [2.24, 2.45) is 4.99 Å². The number of anilines is 1. The normalized spacial score (nSPS) is 15.1. The molecule has 0 amide bonds. The van der Waals surface area contributed by atoms with E-state index in [1.807, 2.05) is 24.3 Å². The number of nitrogens with one attached hydrogen (secondary N) is 1. The second-order valence-corrected chi connectivity index (χ2v) is 7.11. The molecule has 1 fully saturated rings. The summed E-state index contributed by atoms with van der Waals surface area (Å²) in [6, 6.07) is 7.88. The van der Waals surface area contributed by atoms with Crippen molar-refractivity contribution in [2.45, 2.75) is 12.7 Å². The summed E-state index contributed by atoms with van der Waals surface area (Å²) in [5, 5.41) is 4.52. The summed E-state index contributed by atoms with van der Waals surface area (Å²) in [6.45, 7) is 3.26. The fourth-order valence-corrected chi connectivity index (χ4v) is 3.80. The predicted octanol–water partition coefficient (Wildman–Crippen LogP) is 3.69. The SMILES string of the molecule is CN=C(NCc1nc(C(F)(F)F)cs1)N1CCN(c2ccccc2OC)CC1.I. The van der Waals surface area contributed by atoms with Crippen LogP contribution in [0.2, 0.25) is 0 Å². The van der Waals surface area contributed by atoms with Crippen LogP contribution in [0.1, 0.15) is 10.7 Å². The summed E-state index contributed by atoms with van der Waals surface area (Å²) in [5.74, 6) is 1.49. The Kier molecular flexibility index (Phi) is 8.37. The van der Waals surface area contributed by atoms with E-state index in [-0.39, 0.29) is 30.5 Å². The molecule has 0 spiro atoms. The van der Waals surface area contributed by atoms with Gasteiger partial charge in [-0.05, 0) is 12.1 Å². The van der Waals surface area contributed by atoms with Crippen LogP contribution in [0.4, 0.5) is 18.9 Å². The molecule has 0 atom stereocenters. The van der Waals surface area contributed by atoms with E-state index in [2.05, 4.69) is 25.1 Å². The summed E-state index contributed by atoms with van der Waals surface area (Å²) in [4.78, 5) is 12.2. The Hall–Kier alpha value is -1.76. The molecule has 1 aliphatic rings. The molecule has 1 N–H and O–H groups in total. The van der Waals surface area contributed by atoms with Gasteiger partial charge >= 0.3 is 6.18 Å². The van der Waals surface area contributed by atoms with Crippen LogP contribution < -0.4 is 15.0 Å². The Balaban J connectivity index is 0.00000300. The van der Waals surface area contributed by atoms with Crippen LogP contribution in [-0.4, -0.2) is 56.2 Å². The molecule has 6 nitrogen and oxygen atoms in total. The highest BCUT2D eigenvalue weighted by Crippen LogP contribution is 2.30. The van der Waals surface area contributed by atoms with E-state index < -0.39 is 11.9 Å². The maximum atomic E-state index is 12.7. The molecule has 0 saturated carbocycles. The van der Waals surface area contributed by atoms with Crippen molar-refractivity contribution in [1.29, 1.82) is 0 Å². The van der Waals surface area contributed by atoms with Crippen LogP contribution in [0.15, 0.2) is 34.6 Å². The standard InChI is InChI=1S/C18H22F3N5OS.HI/c1-22-17(23-11-16-24-15(12-28-16)18(19,20)21)26-9-7-25(8-10-26)13-5-3-4-6-14(13)27-2;/h3-6,12H,7-11H2,1-2H3,(H,22,23);1H. The molecule has 3 rings (SSSR count). The number of halogens is 4. The number of hydrogen-bond donors (Lipinski definition) is 1. The zero-order chi connectivity index (χ0) is 20.1. The van der Waals surface area contributed by atoms with Crippen molar-refractivity contribution in [3.63, 3.8) is 0 Å². The van der Waals surface area contributed by atoms with Crippen molar-refractivity contribution < 1.29 is 17.9 Å². The maximum absolute atomic E-state index is 12.7. The zero-order valence-electron chi connectivity index (χ0n) is 16.1. The second-order valence-electron chi connectivity index (χ2n) is 6.17. The molecule has 0 bridgehead atoms. The first-order valence-corrected chi connectivity index (χ1v) is 9.65. The van der Waals surface area contributed by atoms with Crippen molar-refractivity contribution >= 4 is 47.0 Å². The van der Waals surface area contributed by atoms with Gasteiger partial charge in [0, 0.05) is 38.6 Å². The largest absolute Gasteiger partial charge is 0.495 e. The molecule has 1 aliphatic heterocycles. The van der Waals surface area contributed by atoms with Crippen molar-refractivity contribution in [3.05, 3.63) is 40.3 Å². The molecule has 0 unspecified atom stereocenters.